The van der Waals surface area contributed by atoms with E-state index in [0.29, 0.717) is 16.9 Å². The van der Waals surface area contributed by atoms with E-state index >= 15 is 0 Å². The molecule has 1 aromatic heterocycles. The number of aromatic hydroxyl groups is 1. The summed E-state index contributed by atoms with van der Waals surface area (Å²) in [6.45, 7) is 0. The van der Waals surface area contributed by atoms with Crippen LogP contribution in [0.3, 0.4) is 0 Å². The van der Waals surface area contributed by atoms with Gasteiger partial charge in [0.05, 0.1) is 13.2 Å². The first-order valence-corrected chi connectivity index (χ1v) is 8.99. The van der Waals surface area contributed by atoms with Crippen molar-refractivity contribution in [2.75, 3.05) is 7.11 Å². The van der Waals surface area contributed by atoms with Gasteiger partial charge in [-0.1, -0.05) is 12.1 Å². The molecule has 0 aliphatic rings. The minimum atomic E-state index is -0.465. The second-order valence-electron chi connectivity index (χ2n) is 6.33. The maximum Gasteiger partial charge on any atom is 0.265 e. The summed E-state index contributed by atoms with van der Waals surface area (Å²) in [5.41, 5.74) is 7.34. The number of Topliss-reactive ketones (excluding diaryl/α,β-unsaturated/α-hetero) is 1. The molecular weight excluding hydrogens is 370 g/mol. The number of rotatable bonds is 8. The maximum atomic E-state index is 12.7. The molecule has 0 spiro atoms. The molecule has 3 rings (SSSR count). The number of methoxy groups -OCH3 is 1. The van der Waals surface area contributed by atoms with Gasteiger partial charge in [-0.3, -0.25) is 20.0 Å². The van der Waals surface area contributed by atoms with E-state index in [-0.39, 0.29) is 23.9 Å². The predicted octanol–water partition coefficient (Wildman–Crippen LogP) is 3.04. The summed E-state index contributed by atoms with van der Waals surface area (Å²) in [5, 5.41) is 9.41. The number of hydrogen-bond donors (Lipinski definition) is 3. The van der Waals surface area contributed by atoms with E-state index < -0.39 is 6.04 Å². The number of hydrazine groups is 1. The molecule has 7 heteroatoms. The Morgan fingerprint density at radius 2 is 1.62 bits per heavy atom. The number of aromatic nitrogens is 1. The summed E-state index contributed by atoms with van der Waals surface area (Å²) in [6.07, 6.45) is 3.17. The molecule has 3 aromatic rings. The molecule has 29 heavy (non-hydrogen) atoms. The Labute approximate surface area is 168 Å². The Balaban J connectivity index is 1.76. The first-order chi connectivity index (χ1) is 14.1. The largest absolute Gasteiger partial charge is 0.508 e. The van der Waals surface area contributed by atoms with Crippen molar-refractivity contribution in [3.63, 3.8) is 0 Å². The Morgan fingerprint density at radius 1 is 0.966 bits per heavy atom. The number of phenolic OH excluding ortho intramolecular Hbond substituents is 1. The molecule has 3 N–H and O–H groups in total. The van der Waals surface area contributed by atoms with Gasteiger partial charge < -0.3 is 9.84 Å². The highest BCUT2D eigenvalue weighted by molar-refractivity contribution is 5.97. The molecule has 0 aliphatic carbocycles. The van der Waals surface area contributed by atoms with Crippen LogP contribution >= 0.6 is 0 Å². The molecule has 1 amide bonds. The van der Waals surface area contributed by atoms with Crippen molar-refractivity contribution in [3.05, 3.63) is 89.7 Å². The summed E-state index contributed by atoms with van der Waals surface area (Å²) < 4.78 is 5.18. The number of nitrogens with one attached hydrogen (secondary N) is 2. The quantitative estimate of drug-likeness (QED) is 0.403. The summed E-state index contributed by atoms with van der Waals surface area (Å²) in [5.74, 6) is 0.327. The first kappa shape index (κ1) is 20.0. The minimum Gasteiger partial charge on any atom is -0.508 e. The van der Waals surface area contributed by atoms with Crippen LogP contribution in [-0.2, 0) is 0 Å². The fraction of sp³-hybridized carbons (Fsp3) is 0.136. The van der Waals surface area contributed by atoms with Gasteiger partial charge in [0.15, 0.2) is 5.78 Å². The molecule has 1 unspecified atom stereocenters. The number of nitrogens with zero attached hydrogens (tertiary/aromatic N) is 1. The number of ether oxygens (including phenoxy) is 1. The number of amides is 1. The maximum absolute atomic E-state index is 12.7. The Bertz CT molecular complexity index is 958. The molecule has 0 saturated heterocycles. The van der Waals surface area contributed by atoms with Crippen molar-refractivity contribution >= 4 is 11.7 Å². The highest BCUT2D eigenvalue weighted by Gasteiger charge is 2.18. The van der Waals surface area contributed by atoms with Crippen molar-refractivity contribution < 1.29 is 19.4 Å². The smallest absolute Gasteiger partial charge is 0.265 e. The summed E-state index contributed by atoms with van der Waals surface area (Å²) in [7, 11) is 1.58. The van der Waals surface area contributed by atoms with Gasteiger partial charge in [0.25, 0.3) is 5.91 Å². The highest BCUT2D eigenvalue weighted by Crippen LogP contribution is 2.22. The molecule has 7 nitrogen and oxygen atoms in total. The standard InChI is InChI=1S/C22H21N3O4/c1-29-19-8-4-15(5-9-19)20(14-21(27)16-2-6-18(26)7-3-16)24-25-22(28)17-10-12-23-13-11-17/h2-13,20,24,26H,14H2,1H3,(H,25,28). The summed E-state index contributed by atoms with van der Waals surface area (Å²) in [4.78, 5) is 28.9. The van der Waals surface area contributed by atoms with Crippen LogP contribution in [0.4, 0.5) is 0 Å². The monoisotopic (exact) mass is 391 g/mol. The highest BCUT2D eigenvalue weighted by atomic mass is 16.5. The van der Waals surface area contributed by atoms with Crippen molar-refractivity contribution in [2.45, 2.75) is 12.5 Å². The lowest BCUT2D eigenvalue weighted by Crippen LogP contribution is -2.40. The van der Waals surface area contributed by atoms with E-state index in [2.05, 4.69) is 15.8 Å². The van der Waals surface area contributed by atoms with Crippen LogP contribution < -0.4 is 15.6 Å². The van der Waals surface area contributed by atoms with Gasteiger partial charge in [-0.05, 0) is 54.1 Å². The second kappa shape index (κ2) is 9.48. The summed E-state index contributed by atoms with van der Waals surface area (Å²) >= 11 is 0. The zero-order valence-electron chi connectivity index (χ0n) is 15.8. The molecular formula is C22H21N3O4. The Hall–Kier alpha value is -3.71. The molecule has 0 aliphatic heterocycles. The third-order valence-corrected chi connectivity index (χ3v) is 4.40. The SMILES string of the molecule is COc1ccc(C(CC(=O)c2ccc(O)cc2)NNC(=O)c2ccncc2)cc1. The first-order valence-electron chi connectivity index (χ1n) is 8.99. The Kier molecular flexibility index (Phi) is 6.55. The van der Waals surface area contributed by atoms with Gasteiger partial charge >= 0.3 is 0 Å². The molecule has 0 saturated carbocycles. The number of benzene rings is 2. The minimum absolute atomic E-state index is 0.0935. The number of carbonyl (C=O) groups excluding carboxylic acids is 2. The number of phenols is 1. The van der Waals surface area contributed by atoms with E-state index in [1.165, 1.54) is 24.5 Å². The molecule has 1 heterocycles. The van der Waals surface area contributed by atoms with Crippen LogP contribution in [0.2, 0.25) is 0 Å². The van der Waals surface area contributed by atoms with Crippen LogP contribution in [0.15, 0.2) is 73.1 Å². The lowest BCUT2D eigenvalue weighted by molar-refractivity contribution is 0.0900. The third kappa shape index (κ3) is 5.40. The fourth-order valence-electron chi connectivity index (χ4n) is 2.77. The van der Waals surface area contributed by atoms with Crippen molar-refractivity contribution in [1.82, 2.24) is 15.8 Å². The molecule has 2 aromatic carbocycles. The third-order valence-electron chi connectivity index (χ3n) is 4.40. The second-order valence-corrected chi connectivity index (χ2v) is 6.33. The van der Waals surface area contributed by atoms with Crippen LogP contribution in [-0.4, -0.2) is 28.9 Å². The molecule has 0 bridgehead atoms. The topological polar surface area (TPSA) is 101 Å². The number of hydrogen-bond acceptors (Lipinski definition) is 6. The van der Waals surface area contributed by atoms with Crippen LogP contribution in [0, 0.1) is 0 Å². The average Bonchev–Trinajstić information content (AvgIpc) is 2.77. The molecule has 1 atom stereocenters. The van der Waals surface area contributed by atoms with Crippen molar-refractivity contribution in [3.8, 4) is 11.5 Å². The lowest BCUT2D eigenvalue weighted by atomic mass is 9.98. The van der Waals surface area contributed by atoms with Crippen LogP contribution in [0.1, 0.15) is 38.7 Å². The summed E-state index contributed by atoms with van der Waals surface area (Å²) in [6, 6.07) is 16.0. The van der Waals surface area contributed by atoms with Crippen LogP contribution in [0.5, 0.6) is 11.5 Å². The van der Waals surface area contributed by atoms with E-state index in [0.717, 1.165) is 5.56 Å². The number of pyridine rings is 1. The number of ketones is 1. The van der Waals surface area contributed by atoms with Gasteiger partial charge in [0.2, 0.25) is 0 Å². The zero-order chi connectivity index (χ0) is 20.6. The molecule has 0 radical (unpaired) electrons. The molecule has 148 valence electrons. The van der Waals surface area contributed by atoms with Crippen molar-refractivity contribution in [1.29, 1.82) is 0 Å². The molecule has 0 fully saturated rings. The predicted molar refractivity (Wildman–Crippen MR) is 108 cm³/mol. The zero-order valence-corrected chi connectivity index (χ0v) is 15.8. The van der Waals surface area contributed by atoms with E-state index in [4.69, 9.17) is 4.74 Å². The van der Waals surface area contributed by atoms with E-state index in [1.54, 1.807) is 43.5 Å². The van der Waals surface area contributed by atoms with Gasteiger partial charge in [-0.25, -0.2) is 5.43 Å². The Morgan fingerprint density at radius 3 is 2.24 bits per heavy atom. The lowest BCUT2D eigenvalue weighted by Gasteiger charge is -2.20. The fourth-order valence-corrected chi connectivity index (χ4v) is 2.77. The number of carbonyl (C=O) groups is 2. The normalized spacial score (nSPS) is 11.5. The van der Waals surface area contributed by atoms with Gasteiger partial charge in [-0.2, -0.15) is 0 Å². The van der Waals surface area contributed by atoms with Gasteiger partial charge in [-0.15, -0.1) is 0 Å². The van der Waals surface area contributed by atoms with Crippen LogP contribution in [0.25, 0.3) is 0 Å². The van der Waals surface area contributed by atoms with E-state index in [1.807, 2.05) is 12.1 Å². The average molecular weight is 391 g/mol. The van der Waals surface area contributed by atoms with Crippen molar-refractivity contribution in [2.24, 2.45) is 0 Å². The van der Waals surface area contributed by atoms with E-state index in [9.17, 15) is 14.7 Å². The van der Waals surface area contributed by atoms with Gasteiger partial charge in [0.1, 0.15) is 11.5 Å². The van der Waals surface area contributed by atoms with Gasteiger partial charge in [0, 0.05) is 29.9 Å².